The number of benzene rings is 1. The fraction of sp³-hybridized carbons (Fsp3) is 0.167. The van der Waals surface area contributed by atoms with Crippen molar-refractivity contribution in [2.45, 2.75) is 6.04 Å². The van der Waals surface area contributed by atoms with Crippen molar-refractivity contribution in [1.29, 1.82) is 0 Å². The van der Waals surface area contributed by atoms with E-state index in [0.717, 1.165) is 10.2 Å². The summed E-state index contributed by atoms with van der Waals surface area (Å²) in [5.41, 5.74) is 7.96. The predicted molar refractivity (Wildman–Crippen MR) is 78.9 cm³/mol. The van der Waals surface area contributed by atoms with Gasteiger partial charge in [0.15, 0.2) is 0 Å². The van der Waals surface area contributed by atoms with Crippen LogP contribution in [0.25, 0.3) is 0 Å². The van der Waals surface area contributed by atoms with Gasteiger partial charge in [-0.1, -0.05) is 11.6 Å². The standard InChI is InChI=1S/C12H12BrClN2S/c13-10-2-1-9(5-11(10)14)16-12(6-15)8-3-4-17-7-8/h1-5,7,12,16H,6,15H2. The molecule has 1 atom stereocenters. The average molecular weight is 332 g/mol. The SMILES string of the molecule is NCC(Nc1ccc(Br)c(Cl)c1)c1ccsc1. The van der Waals surface area contributed by atoms with Gasteiger partial charge in [-0.05, 0) is 56.5 Å². The van der Waals surface area contributed by atoms with Gasteiger partial charge in [-0.15, -0.1) is 0 Å². The summed E-state index contributed by atoms with van der Waals surface area (Å²) >= 11 is 11.1. The fourth-order valence-corrected chi connectivity index (χ4v) is 2.68. The molecule has 3 N–H and O–H groups in total. The maximum absolute atomic E-state index is 6.05. The van der Waals surface area contributed by atoms with Crippen LogP contribution in [0.3, 0.4) is 0 Å². The van der Waals surface area contributed by atoms with Crippen molar-refractivity contribution >= 4 is 44.6 Å². The summed E-state index contributed by atoms with van der Waals surface area (Å²) in [5, 5.41) is 8.22. The first-order valence-corrected chi connectivity index (χ1v) is 7.26. The first-order chi connectivity index (χ1) is 8.20. The van der Waals surface area contributed by atoms with Crippen LogP contribution in [-0.4, -0.2) is 6.54 Å². The molecule has 0 aliphatic heterocycles. The molecule has 1 aromatic heterocycles. The van der Waals surface area contributed by atoms with Gasteiger partial charge in [0.25, 0.3) is 0 Å². The van der Waals surface area contributed by atoms with Crippen LogP contribution in [0.15, 0.2) is 39.5 Å². The molecule has 90 valence electrons. The van der Waals surface area contributed by atoms with Crippen LogP contribution in [0.1, 0.15) is 11.6 Å². The Morgan fingerprint density at radius 1 is 1.41 bits per heavy atom. The minimum Gasteiger partial charge on any atom is -0.377 e. The zero-order chi connectivity index (χ0) is 12.3. The lowest BCUT2D eigenvalue weighted by atomic mass is 10.1. The van der Waals surface area contributed by atoms with E-state index in [1.165, 1.54) is 5.56 Å². The number of rotatable bonds is 4. The second kappa shape index (κ2) is 5.87. The smallest absolute Gasteiger partial charge is 0.0644 e. The van der Waals surface area contributed by atoms with Crippen molar-refractivity contribution < 1.29 is 0 Å². The van der Waals surface area contributed by atoms with Crippen LogP contribution in [0.2, 0.25) is 5.02 Å². The number of halogens is 2. The highest BCUT2D eigenvalue weighted by Crippen LogP contribution is 2.28. The monoisotopic (exact) mass is 330 g/mol. The molecule has 0 bridgehead atoms. The highest BCUT2D eigenvalue weighted by Gasteiger charge is 2.10. The van der Waals surface area contributed by atoms with E-state index in [9.17, 15) is 0 Å². The maximum Gasteiger partial charge on any atom is 0.0644 e. The second-order valence-electron chi connectivity index (χ2n) is 3.62. The van der Waals surface area contributed by atoms with Gasteiger partial charge in [-0.3, -0.25) is 0 Å². The molecule has 0 aliphatic rings. The lowest BCUT2D eigenvalue weighted by molar-refractivity contribution is 0.793. The molecule has 0 fully saturated rings. The molecular formula is C12H12BrClN2S. The number of nitrogens with two attached hydrogens (primary N) is 1. The van der Waals surface area contributed by atoms with E-state index in [0.29, 0.717) is 11.6 Å². The molecule has 0 spiro atoms. The summed E-state index contributed by atoms with van der Waals surface area (Å²) in [5.74, 6) is 0. The summed E-state index contributed by atoms with van der Waals surface area (Å²) in [4.78, 5) is 0. The molecule has 5 heteroatoms. The molecule has 1 aromatic carbocycles. The largest absolute Gasteiger partial charge is 0.377 e. The third-order valence-electron chi connectivity index (χ3n) is 2.44. The van der Waals surface area contributed by atoms with E-state index in [4.69, 9.17) is 17.3 Å². The molecule has 2 aromatic rings. The second-order valence-corrected chi connectivity index (χ2v) is 5.66. The quantitative estimate of drug-likeness (QED) is 0.877. The van der Waals surface area contributed by atoms with E-state index in [2.05, 4.69) is 32.7 Å². The molecule has 0 aliphatic carbocycles. The Balaban J connectivity index is 2.16. The number of hydrogen-bond donors (Lipinski definition) is 2. The van der Waals surface area contributed by atoms with Crippen LogP contribution in [-0.2, 0) is 0 Å². The van der Waals surface area contributed by atoms with Crippen molar-refractivity contribution in [3.05, 3.63) is 50.1 Å². The van der Waals surface area contributed by atoms with Gasteiger partial charge in [0.1, 0.15) is 0 Å². The molecule has 1 heterocycles. The first-order valence-electron chi connectivity index (χ1n) is 5.14. The summed E-state index contributed by atoms with van der Waals surface area (Å²) in [7, 11) is 0. The third-order valence-corrected chi connectivity index (χ3v) is 4.38. The normalized spacial score (nSPS) is 12.4. The van der Waals surface area contributed by atoms with Crippen molar-refractivity contribution in [1.82, 2.24) is 0 Å². The average Bonchev–Trinajstić information content (AvgIpc) is 2.84. The lowest BCUT2D eigenvalue weighted by Crippen LogP contribution is -2.19. The summed E-state index contributed by atoms with van der Waals surface area (Å²) < 4.78 is 0.893. The zero-order valence-corrected chi connectivity index (χ0v) is 12.1. The molecule has 17 heavy (non-hydrogen) atoms. The minimum absolute atomic E-state index is 0.124. The van der Waals surface area contributed by atoms with E-state index in [1.54, 1.807) is 11.3 Å². The topological polar surface area (TPSA) is 38.0 Å². The van der Waals surface area contributed by atoms with Gasteiger partial charge in [-0.2, -0.15) is 11.3 Å². The highest BCUT2D eigenvalue weighted by molar-refractivity contribution is 9.10. The van der Waals surface area contributed by atoms with Crippen molar-refractivity contribution in [3.63, 3.8) is 0 Å². The lowest BCUT2D eigenvalue weighted by Gasteiger charge is -2.17. The molecule has 0 radical (unpaired) electrons. The fourth-order valence-electron chi connectivity index (χ4n) is 1.54. The zero-order valence-electron chi connectivity index (χ0n) is 8.99. The number of hydrogen-bond acceptors (Lipinski definition) is 3. The minimum atomic E-state index is 0.124. The Kier molecular flexibility index (Phi) is 4.45. The van der Waals surface area contributed by atoms with Gasteiger partial charge in [0.05, 0.1) is 11.1 Å². The van der Waals surface area contributed by atoms with Crippen molar-refractivity contribution in [3.8, 4) is 0 Å². The van der Waals surface area contributed by atoms with E-state index in [-0.39, 0.29) is 6.04 Å². The van der Waals surface area contributed by atoms with Crippen LogP contribution in [0.4, 0.5) is 5.69 Å². The van der Waals surface area contributed by atoms with Gasteiger partial charge in [0, 0.05) is 16.7 Å². The first kappa shape index (κ1) is 12.9. The molecule has 1 unspecified atom stereocenters. The van der Waals surface area contributed by atoms with Crippen molar-refractivity contribution in [2.75, 3.05) is 11.9 Å². The Morgan fingerprint density at radius 2 is 2.24 bits per heavy atom. The molecule has 0 amide bonds. The van der Waals surface area contributed by atoms with Gasteiger partial charge >= 0.3 is 0 Å². The maximum atomic E-state index is 6.05. The molecular weight excluding hydrogens is 320 g/mol. The van der Waals surface area contributed by atoms with Gasteiger partial charge in [-0.25, -0.2) is 0 Å². The van der Waals surface area contributed by atoms with E-state index in [1.807, 2.05) is 23.6 Å². The number of anilines is 1. The van der Waals surface area contributed by atoms with Crippen LogP contribution in [0, 0.1) is 0 Å². The summed E-state index contributed by atoms with van der Waals surface area (Å²) in [6.45, 7) is 0.546. The predicted octanol–water partition coefficient (Wildman–Crippen LogP) is 4.28. The van der Waals surface area contributed by atoms with Crippen LogP contribution < -0.4 is 11.1 Å². The van der Waals surface area contributed by atoms with E-state index >= 15 is 0 Å². The van der Waals surface area contributed by atoms with E-state index < -0.39 is 0 Å². The molecule has 0 saturated carbocycles. The van der Waals surface area contributed by atoms with Crippen LogP contribution >= 0.6 is 38.9 Å². The van der Waals surface area contributed by atoms with Crippen LogP contribution in [0.5, 0.6) is 0 Å². The Hall–Kier alpha value is -0.550. The molecule has 0 saturated heterocycles. The highest BCUT2D eigenvalue weighted by atomic mass is 79.9. The molecule has 2 rings (SSSR count). The van der Waals surface area contributed by atoms with Crippen molar-refractivity contribution in [2.24, 2.45) is 5.73 Å². The van der Waals surface area contributed by atoms with Gasteiger partial charge < -0.3 is 11.1 Å². The van der Waals surface area contributed by atoms with Gasteiger partial charge in [0.2, 0.25) is 0 Å². The Morgan fingerprint density at radius 3 is 2.82 bits per heavy atom. The Bertz CT molecular complexity index is 487. The summed E-state index contributed by atoms with van der Waals surface area (Å²) in [6, 6.07) is 7.99. The number of nitrogens with one attached hydrogen (secondary N) is 1. The summed E-state index contributed by atoms with van der Waals surface area (Å²) in [6.07, 6.45) is 0. The third kappa shape index (κ3) is 3.22. The Labute approximate surface area is 118 Å². The molecule has 2 nitrogen and oxygen atoms in total. The number of thiophene rings is 1.